The number of carbonyl (C=O) groups is 1. The van der Waals surface area contributed by atoms with E-state index in [4.69, 9.17) is 4.74 Å². The van der Waals surface area contributed by atoms with E-state index in [1.807, 2.05) is 0 Å². The standard InChI is InChI=1S/C11H17N3O2/c1-2-5-14-10(7-12-13-14)11(15)9-4-3-6-16-8-9/h7,9H,2-6,8H2,1H3. The van der Waals surface area contributed by atoms with Gasteiger partial charge in [0.15, 0.2) is 5.78 Å². The Hall–Kier alpha value is -1.23. The van der Waals surface area contributed by atoms with Crippen molar-refractivity contribution in [2.24, 2.45) is 5.92 Å². The molecular weight excluding hydrogens is 206 g/mol. The predicted octanol–water partition coefficient (Wildman–Crippen LogP) is 1.30. The molecule has 1 unspecified atom stereocenters. The fourth-order valence-electron chi connectivity index (χ4n) is 1.98. The minimum absolute atomic E-state index is 0.0112. The van der Waals surface area contributed by atoms with E-state index >= 15 is 0 Å². The molecule has 0 amide bonds. The van der Waals surface area contributed by atoms with Crippen LogP contribution >= 0.6 is 0 Å². The normalized spacial score (nSPS) is 20.9. The maximum Gasteiger partial charge on any atom is 0.187 e. The van der Waals surface area contributed by atoms with Crippen LogP contribution in [0.15, 0.2) is 6.20 Å². The molecule has 1 aromatic rings. The van der Waals surface area contributed by atoms with Crippen LogP contribution in [0.5, 0.6) is 0 Å². The van der Waals surface area contributed by atoms with Gasteiger partial charge in [0.05, 0.1) is 12.8 Å². The highest BCUT2D eigenvalue weighted by Gasteiger charge is 2.25. The highest BCUT2D eigenvalue weighted by atomic mass is 16.5. The number of ether oxygens (including phenoxy) is 1. The predicted molar refractivity (Wildman–Crippen MR) is 58.2 cm³/mol. The van der Waals surface area contributed by atoms with E-state index in [2.05, 4.69) is 17.2 Å². The minimum Gasteiger partial charge on any atom is -0.381 e. The average molecular weight is 223 g/mol. The molecule has 1 aromatic heterocycles. The van der Waals surface area contributed by atoms with E-state index in [9.17, 15) is 4.79 Å². The van der Waals surface area contributed by atoms with Crippen molar-refractivity contribution in [2.75, 3.05) is 13.2 Å². The lowest BCUT2D eigenvalue weighted by Crippen LogP contribution is -2.27. The molecule has 16 heavy (non-hydrogen) atoms. The number of nitrogens with zero attached hydrogens (tertiary/aromatic N) is 3. The molecule has 0 saturated carbocycles. The number of aromatic nitrogens is 3. The van der Waals surface area contributed by atoms with Gasteiger partial charge in [-0.2, -0.15) is 0 Å². The van der Waals surface area contributed by atoms with Crippen molar-refractivity contribution in [3.8, 4) is 0 Å². The van der Waals surface area contributed by atoms with E-state index < -0.39 is 0 Å². The van der Waals surface area contributed by atoms with Gasteiger partial charge in [0.1, 0.15) is 5.69 Å². The van der Waals surface area contributed by atoms with Crippen molar-refractivity contribution in [1.29, 1.82) is 0 Å². The monoisotopic (exact) mass is 223 g/mol. The van der Waals surface area contributed by atoms with Crippen LogP contribution in [-0.2, 0) is 11.3 Å². The van der Waals surface area contributed by atoms with E-state index in [1.54, 1.807) is 10.9 Å². The molecule has 1 fully saturated rings. The largest absolute Gasteiger partial charge is 0.381 e. The first-order chi connectivity index (χ1) is 7.83. The van der Waals surface area contributed by atoms with Gasteiger partial charge in [0.25, 0.3) is 0 Å². The van der Waals surface area contributed by atoms with Crippen molar-refractivity contribution in [3.05, 3.63) is 11.9 Å². The van der Waals surface area contributed by atoms with Crippen molar-refractivity contribution in [1.82, 2.24) is 15.0 Å². The Kier molecular flexibility index (Phi) is 3.66. The molecule has 1 aliphatic rings. The zero-order valence-corrected chi connectivity index (χ0v) is 9.56. The molecule has 1 atom stereocenters. The summed E-state index contributed by atoms with van der Waals surface area (Å²) in [6, 6.07) is 0. The molecule has 0 bridgehead atoms. The highest BCUT2D eigenvalue weighted by molar-refractivity contribution is 5.96. The number of Topliss-reactive ketones (excluding diaryl/α,β-unsaturated/α-hetero) is 1. The van der Waals surface area contributed by atoms with E-state index in [1.165, 1.54) is 0 Å². The van der Waals surface area contributed by atoms with Crippen molar-refractivity contribution in [2.45, 2.75) is 32.7 Å². The SMILES string of the molecule is CCCn1nncc1C(=O)C1CCCOC1. The van der Waals surface area contributed by atoms with Crippen LogP contribution in [-0.4, -0.2) is 34.0 Å². The molecule has 2 heterocycles. The van der Waals surface area contributed by atoms with E-state index in [-0.39, 0.29) is 11.7 Å². The maximum absolute atomic E-state index is 12.2. The Morgan fingerprint density at radius 2 is 2.56 bits per heavy atom. The molecule has 1 saturated heterocycles. The van der Waals surface area contributed by atoms with Crippen LogP contribution in [0.25, 0.3) is 0 Å². The molecule has 0 aromatic carbocycles. The smallest absolute Gasteiger partial charge is 0.187 e. The lowest BCUT2D eigenvalue weighted by molar-refractivity contribution is 0.0454. The molecule has 0 spiro atoms. The molecular formula is C11H17N3O2. The van der Waals surface area contributed by atoms with Gasteiger partial charge in [-0.25, -0.2) is 4.68 Å². The summed E-state index contributed by atoms with van der Waals surface area (Å²) in [6.45, 7) is 4.11. The molecule has 0 N–H and O–H groups in total. The van der Waals surface area contributed by atoms with Crippen LogP contribution in [0.4, 0.5) is 0 Å². The van der Waals surface area contributed by atoms with Gasteiger partial charge >= 0.3 is 0 Å². The van der Waals surface area contributed by atoms with Gasteiger partial charge in [-0.05, 0) is 19.3 Å². The summed E-state index contributed by atoms with van der Waals surface area (Å²) >= 11 is 0. The van der Waals surface area contributed by atoms with Gasteiger partial charge in [-0.15, -0.1) is 5.10 Å². The van der Waals surface area contributed by atoms with Crippen LogP contribution in [0.2, 0.25) is 0 Å². The summed E-state index contributed by atoms with van der Waals surface area (Å²) in [4.78, 5) is 12.2. The third-order valence-corrected chi connectivity index (χ3v) is 2.84. The first-order valence-corrected chi connectivity index (χ1v) is 5.83. The maximum atomic E-state index is 12.2. The molecule has 2 rings (SSSR count). The minimum atomic E-state index is -0.0112. The molecule has 0 radical (unpaired) electrons. The Morgan fingerprint density at radius 1 is 1.69 bits per heavy atom. The fraction of sp³-hybridized carbons (Fsp3) is 0.727. The quantitative estimate of drug-likeness (QED) is 0.722. The Bertz CT molecular complexity index is 356. The summed E-state index contributed by atoms with van der Waals surface area (Å²) in [6.07, 6.45) is 4.39. The van der Waals surface area contributed by atoms with E-state index in [0.717, 1.165) is 32.4 Å². The lowest BCUT2D eigenvalue weighted by Gasteiger charge is -2.20. The van der Waals surface area contributed by atoms with Gasteiger partial charge < -0.3 is 4.74 Å². The molecule has 5 nitrogen and oxygen atoms in total. The van der Waals surface area contributed by atoms with Gasteiger partial charge in [-0.1, -0.05) is 12.1 Å². The zero-order valence-electron chi connectivity index (χ0n) is 9.56. The molecule has 88 valence electrons. The number of hydrogen-bond donors (Lipinski definition) is 0. The number of carbonyl (C=O) groups excluding carboxylic acids is 1. The number of hydrogen-bond acceptors (Lipinski definition) is 4. The first kappa shape index (κ1) is 11.3. The topological polar surface area (TPSA) is 57.0 Å². The van der Waals surface area contributed by atoms with Crippen LogP contribution in [0, 0.1) is 5.92 Å². The first-order valence-electron chi connectivity index (χ1n) is 5.83. The summed E-state index contributed by atoms with van der Waals surface area (Å²) in [5, 5.41) is 7.73. The van der Waals surface area contributed by atoms with Gasteiger partial charge in [0, 0.05) is 19.1 Å². The summed E-state index contributed by atoms with van der Waals surface area (Å²) in [5.41, 5.74) is 0.623. The van der Waals surface area contributed by atoms with Crippen LogP contribution in [0.3, 0.4) is 0 Å². The summed E-state index contributed by atoms with van der Waals surface area (Å²) in [7, 11) is 0. The number of ketones is 1. The lowest BCUT2D eigenvalue weighted by atomic mass is 9.96. The number of rotatable bonds is 4. The number of aryl methyl sites for hydroxylation is 1. The van der Waals surface area contributed by atoms with Crippen LogP contribution in [0.1, 0.15) is 36.7 Å². The second kappa shape index (κ2) is 5.21. The Labute approximate surface area is 94.8 Å². The van der Waals surface area contributed by atoms with Crippen LogP contribution < -0.4 is 0 Å². The highest BCUT2D eigenvalue weighted by Crippen LogP contribution is 2.18. The Morgan fingerprint density at radius 3 is 3.25 bits per heavy atom. The zero-order chi connectivity index (χ0) is 11.4. The second-order valence-corrected chi connectivity index (χ2v) is 4.12. The average Bonchev–Trinajstić information content (AvgIpc) is 2.78. The van der Waals surface area contributed by atoms with Crippen molar-refractivity contribution < 1.29 is 9.53 Å². The van der Waals surface area contributed by atoms with Gasteiger partial charge in [0.2, 0.25) is 0 Å². The third-order valence-electron chi connectivity index (χ3n) is 2.84. The Balaban J connectivity index is 2.09. The second-order valence-electron chi connectivity index (χ2n) is 4.12. The van der Waals surface area contributed by atoms with Crippen molar-refractivity contribution >= 4 is 5.78 Å². The summed E-state index contributed by atoms with van der Waals surface area (Å²) in [5.74, 6) is 0.112. The fourth-order valence-corrected chi connectivity index (χ4v) is 1.98. The van der Waals surface area contributed by atoms with Gasteiger partial charge in [-0.3, -0.25) is 4.79 Å². The molecule has 1 aliphatic heterocycles. The third kappa shape index (κ3) is 2.29. The molecule has 5 heteroatoms. The van der Waals surface area contributed by atoms with E-state index in [0.29, 0.717) is 12.3 Å². The molecule has 0 aliphatic carbocycles. The van der Waals surface area contributed by atoms with Crippen molar-refractivity contribution in [3.63, 3.8) is 0 Å². The summed E-state index contributed by atoms with van der Waals surface area (Å²) < 4.78 is 7.02.